The van der Waals surface area contributed by atoms with Crippen molar-refractivity contribution in [2.24, 2.45) is 5.92 Å². The van der Waals surface area contributed by atoms with Crippen molar-refractivity contribution in [2.45, 2.75) is 6.92 Å². The molecule has 0 bridgehead atoms. The fourth-order valence-corrected chi connectivity index (χ4v) is 1.39. The molecular weight excluding hydrogens is 276 g/mol. The summed E-state index contributed by atoms with van der Waals surface area (Å²) in [6, 6.07) is 6.57. The van der Waals surface area contributed by atoms with E-state index in [2.05, 4.69) is 11.3 Å². The van der Waals surface area contributed by atoms with Crippen LogP contribution in [-0.2, 0) is 19.1 Å². The Morgan fingerprint density at radius 3 is 2.52 bits per heavy atom. The minimum absolute atomic E-state index is 0.200. The zero-order valence-corrected chi connectivity index (χ0v) is 11.6. The summed E-state index contributed by atoms with van der Waals surface area (Å²) in [5.41, 5.74) is 0. The fraction of sp³-hybridized carbons (Fsp3) is 0.267. The average molecular weight is 292 g/mol. The zero-order chi connectivity index (χ0) is 15.7. The van der Waals surface area contributed by atoms with Crippen molar-refractivity contribution in [1.29, 1.82) is 0 Å². The topological polar surface area (TPSA) is 78.9 Å². The van der Waals surface area contributed by atoms with Gasteiger partial charge in [0.15, 0.2) is 11.5 Å². The molecule has 0 heterocycles. The summed E-state index contributed by atoms with van der Waals surface area (Å²) in [5.74, 6) is -2.16. The van der Waals surface area contributed by atoms with Gasteiger partial charge in [-0.05, 0) is 19.1 Å². The lowest BCUT2D eigenvalue weighted by atomic mass is 10.2. The molecule has 6 heteroatoms. The molecule has 1 aromatic carbocycles. The van der Waals surface area contributed by atoms with Crippen molar-refractivity contribution in [3.05, 3.63) is 36.9 Å². The molecule has 0 radical (unpaired) electrons. The van der Waals surface area contributed by atoms with Gasteiger partial charge < -0.3 is 19.0 Å². The molecule has 0 aromatic heterocycles. The van der Waals surface area contributed by atoms with E-state index in [0.717, 1.165) is 6.08 Å². The van der Waals surface area contributed by atoms with E-state index >= 15 is 0 Å². The third-order valence-corrected chi connectivity index (χ3v) is 2.40. The van der Waals surface area contributed by atoms with Gasteiger partial charge in [-0.25, -0.2) is 4.79 Å². The Labute approximate surface area is 122 Å². The maximum absolute atomic E-state index is 11.9. The molecule has 0 aliphatic carbocycles. The highest BCUT2D eigenvalue weighted by Gasteiger charge is 2.23. The SMILES string of the molecule is C=CC(=O)OCC(C=O)C(=O)Oc1ccccc1OCC. The van der Waals surface area contributed by atoms with E-state index in [0.29, 0.717) is 18.6 Å². The van der Waals surface area contributed by atoms with E-state index < -0.39 is 24.5 Å². The second-order valence-electron chi connectivity index (χ2n) is 3.88. The van der Waals surface area contributed by atoms with E-state index in [1.807, 2.05) is 0 Å². The van der Waals surface area contributed by atoms with Crippen LogP contribution in [0.4, 0.5) is 0 Å². The van der Waals surface area contributed by atoms with Crippen LogP contribution in [0.3, 0.4) is 0 Å². The van der Waals surface area contributed by atoms with Crippen molar-refractivity contribution in [3.8, 4) is 11.5 Å². The van der Waals surface area contributed by atoms with Crippen molar-refractivity contribution in [2.75, 3.05) is 13.2 Å². The van der Waals surface area contributed by atoms with Crippen molar-refractivity contribution in [1.82, 2.24) is 0 Å². The smallest absolute Gasteiger partial charge is 0.330 e. The second-order valence-corrected chi connectivity index (χ2v) is 3.88. The zero-order valence-electron chi connectivity index (χ0n) is 11.6. The molecule has 1 rings (SSSR count). The molecule has 0 fully saturated rings. The van der Waals surface area contributed by atoms with E-state index in [9.17, 15) is 14.4 Å². The number of ether oxygens (including phenoxy) is 3. The highest BCUT2D eigenvalue weighted by molar-refractivity contribution is 5.90. The van der Waals surface area contributed by atoms with Crippen molar-refractivity contribution in [3.63, 3.8) is 0 Å². The summed E-state index contributed by atoms with van der Waals surface area (Å²) in [5, 5.41) is 0. The standard InChI is InChI=1S/C15H16O6/c1-3-14(17)20-10-11(9-16)15(18)21-13-8-6-5-7-12(13)19-4-2/h3,5-9,11H,1,4,10H2,2H3. The Balaban J connectivity index is 2.71. The lowest BCUT2D eigenvalue weighted by molar-refractivity contribution is -0.147. The van der Waals surface area contributed by atoms with Crippen LogP contribution < -0.4 is 9.47 Å². The van der Waals surface area contributed by atoms with Crippen LogP contribution >= 0.6 is 0 Å². The summed E-state index contributed by atoms with van der Waals surface area (Å²) in [6.07, 6.45) is 1.31. The predicted molar refractivity (Wildman–Crippen MR) is 74.0 cm³/mol. The third-order valence-electron chi connectivity index (χ3n) is 2.40. The molecule has 0 amide bonds. The number of aldehydes is 1. The Bertz CT molecular complexity index is 523. The molecule has 1 aromatic rings. The number of benzene rings is 1. The Morgan fingerprint density at radius 1 is 1.29 bits per heavy atom. The van der Waals surface area contributed by atoms with E-state index in [-0.39, 0.29) is 5.75 Å². The van der Waals surface area contributed by atoms with Gasteiger partial charge in [-0.3, -0.25) is 4.79 Å². The van der Waals surface area contributed by atoms with Gasteiger partial charge in [0.1, 0.15) is 18.8 Å². The maximum Gasteiger partial charge on any atom is 0.330 e. The van der Waals surface area contributed by atoms with Crippen LogP contribution in [0.25, 0.3) is 0 Å². The molecule has 0 saturated carbocycles. The molecule has 112 valence electrons. The van der Waals surface area contributed by atoms with Crippen molar-refractivity contribution < 1.29 is 28.6 Å². The van der Waals surface area contributed by atoms with Crippen LogP contribution in [0, 0.1) is 5.92 Å². The monoisotopic (exact) mass is 292 g/mol. The summed E-state index contributed by atoms with van der Waals surface area (Å²) >= 11 is 0. The van der Waals surface area contributed by atoms with E-state index in [4.69, 9.17) is 9.47 Å². The van der Waals surface area contributed by atoms with Gasteiger partial charge in [0.2, 0.25) is 0 Å². The van der Waals surface area contributed by atoms with Crippen LogP contribution in [0.1, 0.15) is 6.92 Å². The maximum atomic E-state index is 11.9. The quantitative estimate of drug-likeness (QED) is 0.238. The normalized spacial score (nSPS) is 11.1. The molecule has 0 aliphatic rings. The van der Waals surface area contributed by atoms with Gasteiger partial charge in [0, 0.05) is 6.08 Å². The van der Waals surface area contributed by atoms with Gasteiger partial charge in [0.05, 0.1) is 6.61 Å². The second kappa shape index (κ2) is 8.52. The lowest BCUT2D eigenvalue weighted by Crippen LogP contribution is -2.27. The van der Waals surface area contributed by atoms with Gasteiger partial charge in [-0.15, -0.1) is 0 Å². The highest BCUT2D eigenvalue weighted by Crippen LogP contribution is 2.27. The molecular formula is C15H16O6. The third kappa shape index (κ3) is 5.10. The first-order chi connectivity index (χ1) is 10.1. The number of esters is 2. The Kier molecular flexibility index (Phi) is 6.67. The van der Waals surface area contributed by atoms with Crippen molar-refractivity contribution >= 4 is 18.2 Å². The minimum Gasteiger partial charge on any atom is -0.490 e. The summed E-state index contributed by atoms with van der Waals surface area (Å²) < 4.78 is 15.1. The Morgan fingerprint density at radius 2 is 1.95 bits per heavy atom. The lowest BCUT2D eigenvalue weighted by Gasteiger charge is -2.13. The molecule has 21 heavy (non-hydrogen) atoms. The summed E-state index contributed by atoms with van der Waals surface area (Å²) in [6.45, 7) is 5.01. The highest BCUT2D eigenvalue weighted by atomic mass is 16.6. The van der Waals surface area contributed by atoms with Gasteiger partial charge in [-0.1, -0.05) is 18.7 Å². The van der Waals surface area contributed by atoms with E-state index in [1.54, 1.807) is 31.2 Å². The first-order valence-electron chi connectivity index (χ1n) is 6.30. The molecule has 1 atom stereocenters. The van der Waals surface area contributed by atoms with Crippen LogP contribution in [0.15, 0.2) is 36.9 Å². The largest absolute Gasteiger partial charge is 0.490 e. The number of hydrogen-bond donors (Lipinski definition) is 0. The van der Waals surface area contributed by atoms with Gasteiger partial charge >= 0.3 is 11.9 Å². The van der Waals surface area contributed by atoms with Gasteiger partial charge in [0.25, 0.3) is 0 Å². The van der Waals surface area contributed by atoms with E-state index in [1.165, 1.54) is 0 Å². The van der Waals surface area contributed by atoms with Crippen LogP contribution in [0.2, 0.25) is 0 Å². The number of hydrogen-bond acceptors (Lipinski definition) is 6. The number of carbonyl (C=O) groups excluding carboxylic acids is 3. The summed E-state index contributed by atoms with van der Waals surface area (Å²) in [7, 11) is 0. The summed E-state index contributed by atoms with van der Waals surface area (Å²) in [4.78, 5) is 33.7. The predicted octanol–water partition coefficient (Wildman–Crippen LogP) is 1.53. The molecule has 0 spiro atoms. The Hall–Kier alpha value is -2.63. The first kappa shape index (κ1) is 16.4. The molecule has 0 saturated heterocycles. The average Bonchev–Trinajstić information content (AvgIpc) is 2.49. The molecule has 0 aliphatic heterocycles. The van der Waals surface area contributed by atoms with Crippen LogP contribution in [0.5, 0.6) is 11.5 Å². The minimum atomic E-state index is -1.21. The molecule has 0 N–H and O–H groups in total. The van der Waals surface area contributed by atoms with Crippen LogP contribution in [-0.4, -0.2) is 31.4 Å². The molecule has 1 unspecified atom stereocenters. The number of rotatable bonds is 8. The van der Waals surface area contributed by atoms with Gasteiger partial charge in [-0.2, -0.15) is 0 Å². The molecule has 6 nitrogen and oxygen atoms in total. The first-order valence-corrected chi connectivity index (χ1v) is 6.30. The fourth-order valence-electron chi connectivity index (χ4n) is 1.39. The number of carbonyl (C=O) groups is 3. The number of para-hydroxylation sites is 2.